The largest absolute Gasteiger partial charge is 0.382 e. The fourth-order valence-electron chi connectivity index (χ4n) is 2.92. The van der Waals surface area contributed by atoms with E-state index < -0.39 is 0 Å². The van der Waals surface area contributed by atoms with Crippen molar-refractivity contribution in [1.82, 2.24) is 5.32 Å². The van der Waals surface area contributed by atoms with E-state index in [9.17, 15) is 0 Å². The summed E-state index contributed by atoms with van der Waals surface area (Å²) >= 11 is 0. The molecule has 0 heterocycles. The average Bonchev–Trinajstić information content (AvgIpc) is 2.82. The van der Waals surface area contributed by atoms with Gasteiger partial charge in [0.2, 0.25) is 0 Å². The van der Waals surface area contributed by atoms with E-state index in [4.69, 9.17) is 9.47 Å². The van der Waals surface area contributed by atoms with Gasteiger partial charge in [-0.05, 0) is 50.6 Å². The minimum absolute atomic E-state index is 0.715. The predicted octanol–water partition coefficient (Wildman–Crippen LogP) is 2.85. The maximum absolute atomic E-state index is 5.53. The second-order valence-electron chi connectivity index (χ2n) is 5.40. The summed E-state index contributed by atoms with van der Waals surface area (Å²) in [5, 5.41) is 3.58. The van der Waals surface area contributed by atoms with Gasteiger partial charge in [-0.1, -0.05) is 19.8 Å². The fraction of sp³-hybridized carbons (Fsp3) is 1.00. The topological polar surface area (TPSA) is 30.5 Å². The van der Waals surface area contributed by atoms with Crippen molar-refractivity contribution in [1.29, 1.82) is 0 Å². The number of rotatable bonds is 11. The molecule has 1 N–H and O–H groups in total. The van der Waals surface area contributed by atoms with Crippen molar-refractivity contribution in [3.63, 3.8) is 0 Å². The molecule has 1 fully saturated rings. The van der Waals surface area contributed by atoms with Crippen molar-refractivity contribution in [3.05, 3.63) is 0 Å². The summed E-state index contributed by atoms with van der Waals surface area (Å²) in [6, 6.07) is 0. The minimum Gasteiger partial charge on any atom is -0.382 e. The van der Waals surface area contributed by atoms with Gasteiger partial charge in [-0.3, -0.25) is 0 Å². The number of nitrogens with one attached hydrogen (secondary N) is 1. The van der Waals surface area contributed by atoms with Crippen molar-refractivity contribution in [2.45, 2.75) is 45.4 Å². The van der Waals surface area contributed by atoms with Gasteiger partial charge in [0.25, 0.3) is 0 Å². The molecule has 108 valence electrons. The van der Waals surface area contributed by atoms with Crippen LogP contribution < -0.4 is 5.32 Å². The quantitative estimate of drug-likeness (QED) is 0.577. The minimum atomic E-state index is 0.715. The van der Waals surface area contributed by atoms with Gasteiger partial charge in [-0.15, -0.1) is 0 Å². The van der Waals surface area contributed by atoms with Crippen molar-refractivity contribution >= 4 is 0 Å². The van der Waals surface area contributed by atoms with Crippen LogP contribution in [0.3, 0.4) is 0 Å². The standard InChI is InChI=1S/C15H31NO2/c1-3-9-16-13-15-7-4-6-14(15)8-5-10-18-12-11-17-2/h14-16H,3-13H2,1-2H3. The molecule has 0 spiro atoms. The summed E-state index contributed by atoms with van der Waals surface area (Å²) in [6.45, 7) is 6.98. The molecule has 0 saturated heterocycles. The SMILES string of the molecule is CCCNCC1CCCC1CCCOCCOC. The van der Waals surface area contributed by atoms with Crippen LogP contribution in [0.1, 0.15) is 45.4 Å². The van der Waals surface area contributed by atoms with E-state index in [0.717, 1.165) is 25.0 Å². The fourth-order valence-corrected chi connectivity index (χ4v) is 2.92. The zero-order chi connectivity index (χ0) is 13.1. The van der Waals surface area contributed by atoms with E-state index in [-0.39, 0.29) is 0 Å². The first kappa shape index (κ1) is 15.9. The second-order valence-corrected chi connectivity index (χ2v) is 5.40. The van der Waals surface area contributed by atoms with Crippen LogP contribution >= 0.6 is 0 Å². The lowest BCUT2D eigenvalue weighted by atomic mass is 9.91. The van der Waals surface area contributed by atoms with Gasteiger partial charge in [0.1, 0.15) is 0 Å². The molecule has 0 aromatic carbocycles. The highest BCUT2D eigenvalue weighted by Gasteiger charge is 2.25. The van der Waals surface area contributed by atoms with Gasteiger partial charge >= 0.3 is 0 Å². The van der Waals surface area contributed by atoms with E-state index in [1.807, 2.05) is 0 Å². The lowest BCUT2D eigenvalue weighted by Crippen LogP contribution is -2.26. The van der Waals surface area contributed by atoms with Crippen LogP contribution in [0.2, 0.25) is 0 Å². The molecular weight excluding hydrogens is 226 g/mol. The zero-order valence-corrected chi connectivity index (χ0v) is 12.2. The van der Waals surface area contributed by atoms with Crippen LogP contribution in [0.25, 0.3) is 0 Å². The third kappa shape index (κ3) is 6.72. The van der Waals surface area contributed by atoms with Gasteiger partial charge in [0.15, 0.2) is 0 Å². The highest BCUT2D eigenvalue weighted by atomic mass is 16.5. The summed E-state index contributed by atoms with van der Waals surface area (Å²) in [5.41, 5.74) is 0. The molecule has 0 bridgehead atoms. The van der Waals surface area contributed by atoms with Crippen molar-refractivity contribution in [2.75, 3.05) is 40.0 Å². The van der Waals surface area contributed by atoms with Gasteiger partial charge < -0.3 is 14.8 Å². The molecular formula is C15H31NO2. The number of hydrogen-bond donors (Lipinski definition) is 1. The summed E-state index contributed by atoms with van der Waals surface area (Å²) < 4.78 is 10.5. The highest BCUT2D eigenvalue weighted by Crippen LogP contribution is 2.34. The summed E-state index contributed by atoms with van der Waals surface area (Å²) in [4.78, 5) is 0. The Bertz CT molecular complexity index is 187. The van der Waals surface area contributed by atoms with Crippen molar-refractivity contribution < 1.29 is 9.47 Å². The van der Waals surface area contributed by atoms with Gasteiger partial charge in [-0.25, -0.2) is 0 Å². The summed E-state index contributed by atoms with van der Waals surface area (Å²) in [7, 11) is 1.72. The molecule has 1 rings (SSSR count). The normalized spacial score (nSPS) is 23.7. The highest BCUT2D eigenvalue weighted by molar-refractivity contribution is 4.79. The van der Waals surface area contributed by atoms with Gasteiger partial charge in [0, 0.05) is 13.7 Å². The zero-order valence-electron chi connectivity index (χ0n) is 12.2. The Kier molecular flexibility index (Phi) is 9.54. The molecule has 18 heavy (non-hydrogen) atoms. The Morgan fingerprint density at radius 3 is 2.72 bits per heavy atom. The summed E-state index contributed by atoms with van der Waals surface area (Å²) in [5.74, 6) is 1.84. The van der Waals surface area contributed by atoms with Crippen molar-refractivity contribution in [2.24, 2.45) is 11.8 Å². The summed E-state index contributed by atoms with van der Waals surface area (Å²) in [6.07, 6.45) is 8.06. The molecule has 0 aromatic heterocycles. The van der Waals surface area contributed by atoms with Crippen LogP contribution in [0.4, 0.5) is 0 Å². The molecule has 0 aromatic rings. The first-order valence-electron chi connectivity index (χ1n) is 7.65. The third-order valence-electron chi connectivity index (χ3n) is 3.95. The predicted molar refractivity (Wildman–Crippen MR) is 75.9 cm³/mol. The maximum atomic E-state index is 5.53. The number of ether oxygens (including phenoxy) is 2. The number of hydrogen-bond acceptors (Lipinski definition) is 3. The molecule has 3 nitrogen and oxygen atoms in total. The first-order valence-corrected chi connectivity index (χ1v) is 7.65. The van der Waals surface area contributed by atoms with Crippen molar-refractivity contribution in [3.8, 4) is 0 Å². The molecule has 1 saturated carbocycles. The Morgan fingerprint density at radius 1 is 1.11 bits per heavy atom. The second kappa shape index (κ2) is 10.8. The van der Waals surface area contributed by atoms with Crippen LogP contribution in [0.5, 0.6) is 0 Å². The van der Waals surface area contributed by atoms with E-state index in [2.05, 4.69) is 12.2 Å². The molecule has 0 aliphatic heterocycles. The molecule has 1 aliphatic carbocycles. The Balaban J connectivity index is 2.01. The monoisotopic (exact) mass is 257 g/mol. The molecule has 0 radical (unpaired) electrons. The lowest BCUT2D eigenvalue weighted by Gasteiger charge is -2.20. The van der Waals surface area contributed by atoms with E-state index in [0.29, 0.717) is 6.61 Å². The van der Waals surface area contributed by atoms with E-state index >= 15 is 0 Å². The van der Waals surface area contributed by atoms with E-state index in [1.54, 1.807) is 7.11 Å². The van der Waals surface area contributed by atoms with E-state index in [1.165, 1.54) is 51.6 Å². The molecule has 3 heteroatoms. The third-order valence-corrected chi connectivity index (χ3v) is 3.95. The smallest absolute Gasteiger partial charge is 0.0700 e. The molecule has 2 unspecified atom stereocenters. The van der Waals surface area contributed by atoms with Crippen LogP contribution in [-0.4, -0.2) is 40.0 Å². The van der Waals surface area contributed by atoms with Crippen LogP contribution in [0.15, 0.2) is 0 Å². The first-order chi connectivity index (χ1) is 8.88. The van der Waals surface area contributed by atoms with Gasteiger partial charge in [0.05, 0.1) is 13.2 Å². The maximum Gasteiger partial charge on any atom is 0.0700 e. The van der Waals surface area contributed by atoms with Gasteiger partial charge in [-0.2, -0.15) is 0 Å². The number of methoxy groups -OCH3 is 1. The van der Waals surface area contributed by atoms with Crippen LogP contribution in [-0.2, 0) is 9.47 Å². The Morgan fingerprint density at radius 2 is 1.94 bits per heavy atom. The van der Waals surface area contributed by atoms with Crippen LogP contribution in [0, 0.1) is 11.8 Å². The Hall–Kier alpha value is -0.120. The molecule has 2 atom stereocenters. The molecule has 0 amide bonds. The Labute approximate surface area is 113 Å². The average molecular weight is 257 g/mol. The lowest BCUT2D eigenvalue weighted by molar-refractivity contribution is 0.0665. The molecule has 1 aliphatic rings.